The molecule has 0 saturated carbocycles. The van der Waals surface area contributed by atoms with E-state index in [-0.39, 0.29) is 16.7 Å². The lowest BCUT2D eigenvalue weighted by molar-refractivity contribution is -0.130. The first-order valence-corrected chi connectivity index (χ1v) is 11.4. The van der Waals surface area contributed by atoms with Crippen LogP contribution in [-0.2, 0) is 26.1 Å². The minimum absolute atomic E-state index is 0.198. The van der Waals surface area contributed by atoms with Crippen molar-refractivity contribution in [1.82, 2.24) is 9.21 Å². The molecule has 0 N–H and O–H groups in total. The zero-order valence-corrected chi connectivity index (χ0v) is 17.7. The van der Waals surface area contributed by atoms with Crippen molar-refractivity contribution < 1.29 is 17.9 Å². The quantitative estimate of drug-likeness (QED) is 0.680. The van der Waals surface area contributed by atoms with Crippen molar-refractivity contribution in [2.24, 2.45) is 0 Å². The Bertz CT molecular complexity index is 894. The number of carbonyl (C=O) groups is 1. The van der Waals surface area contributed by atoms with E-state index in [4.69, 9.17) is 4.74 Å². The molecular weight excluding hydrogens is 398 g/mol. The first kappa shape index (κ1) is 20.8. The number of likely N-dealkylation sites (N-methyl/N-ethyl adjacent to an activating group) is 2. The largest absolute Gasteiger partial charge is 0.378 e. The van der Waals surface area contributed by atoms with Crippen molar-refractivity contribution in [2.45, 2.75) is 10.8 Å². The molecule has 1 saturated heterocycles. The Morgan fingerprint density at radius 1 is 1.14 bits per heavy atom. The van der Waals surface area contributed by atoms with Gasteiger partial charge in [0, 0.05) is 39.4 Å². The van der Waals surface area contributed by atoms with Crippen LogP contribution in [0, 0.1) is 0 Å². The summed E-state index contributed by atoms with van der Waals surface area (Å²) in [7, 11) is -0.509. The number of hydrogen-bond acceptors (Lipinski definition) is 6. The fourth-order valence-corrected chi connectivity index (χ4v) is 5.38. The summed E-state index contributed by atoms with van der Waals surface area (Å²) in [4.78, 5) is 16.5. The van der Waals surface area contributed by atoms with Crippen molar-refractivity contribution in [3.05, 3.63) is 47.3 Å². The lowest BCUT2D eigenvalue weighted by atomic mass is 10.1. The molecular formula is C19H25N3O4S2. The van der Waals surface area contributed by atoms with E-state index in [1.165, 1.54) is 7.05 Å². The van der Waals surface area contributed by atoms with Gasteiger partial charge in [-0.3, -0.25) is 4.79 Å². The van der Waals surface area contributed by atoms with E-state index >= 15 is 0 Å². The van der Waals surface area contributed by atoms with E-state index < -0.39 is 10.0 Å². The lowest BCUT2D eigenvalue weighted by Crippen LogP contribution is -2.40. The summed E-state index contributed by atoms with van der Waals surface area (Å²) in [5.41, 5.74) is 2.12. The molecule has 1 aromatic heterocycles. The van der Waals surface area contributed by atoms with Crippen LogP contribution in [0.2, 0.25) is 0 Å². The molecule has 0 unspecified atom stereocenters. The summed E-state index contributed by atoms with van der Waals surface area (Å²) < 4.78 is 31.8. The minimum atomic E-state index is -3.64. The predicted octanol–water partition coefficient (Wildman–Crippen LogP) is 1.86. The summed E-state index contributed by atoms with van der Waals surface area (Å²) in [6.45, 7) is 3.23. The number of hydrogen-bond donors (Lipinski definition) is 0. The number of thiophene rings is 1. The Morgan fingerprint density at radius 3 is 2.54 bits per heavy atom. The second-order valence-electron chi connectivity index (χ2n) is 6.67. The number of sulfonamides is 1. The first-order chi connectivity index (χ1) is 13.4. The number of morpholine rings is 1. The van der Waals surface area contributed by atoms with Crippen LogP contribution in [-0.4, -0.2) is 70.5 Å². The number of anilines is 1. The molecule has 9 heteroatoms. The maximum atomic E-state index is 12.7. The smallest absolute Gasteiger partial charge is 0.252 e. The molecule has 1 amide bonds. The van der Waals surface area contributed by atoms with Crippen LogP contribution in [0.4, 0.5) is 5.69 Å². The highest BCUT2D eigenvalue weighted by molar-refractivity contribution is 7.91. The van der Waals surface area contributed by atoms with Gasteiger partial charge < -0.3 is 14.5 Å². The predicted molar refractivity (Wildman–Crippen MR) is 110 cm³/mol. The van der Waals surface area contributed by atoms with Crippen molar-refractivity contribution in [1.29, 1.82) is 0 Å². The fourth-order valence-electron chi connectivity index (χ4n) is 3.06. The standard InChI is InChI=1S/C19H25N3O4S2/c1-20(18(23)15-21(2)28(24,25)19-8-5-13-27-19)14-16-6-3-4-7-17(16)22-9-11-26-12-10-22/h3-8,13H,9-12,14-15H2,1-2H3. The van der Waals surface area contributed by atoms with E-state index in [2.05, 4.69) is 4.90 Å². The van der Waals surface area contributed by atoms with Crippen LogP contribution in [0.3, 0.4) is 0 Å². The van der Waals surface area contributed by atoms with Crippen molar-refractivity contribution in [2.75, 3.05) is 51.8 Å². The Kier molecular flexibility index (Phi) is 6.71. The molecule has 0 aliphatic carbocycles. The van der Waals surface area contributed by atoms with Gasteiger partial charge >= 0.3 is 0 Å². The van der Waals surface area contributed by atoms with Gasteiger partial charge in [0.25, 0.3) is 10.0 Å². The maximum Gasteiger partial charge on any atom is 0.252 e. The average Bonchev–Trinajstić information content (AvgIpc) is 3.24. The number of ether oxygens (including phenoxy) is 1. The van der Waals surface area contributed by atoms with Crippen LogP contribution < -0.4 is 4.90 Å². The molecule has 28 heavy (non-hydrogen) atoms. The number of benzene rings is 1. The summed E-state index contributed by atoms with van der Waals surface area (Å²) in [6.07, 6.45) is 0. The lowest BCUT2D eigenvalue weighted by Gasteiger charge is -2.31. The van der Waals surface area contributed by atoms with Crippen molar-refractivity contribution in [3.63, 3.8) is 0 Å². The average molecular weight is 424 g/mol. The highest BCUT2D eigenvalue weighted by Gasteiger charge is 2.25. The topological polar surface area (TPSA) is 70.2 Å². The van der Waals surface area contributed by atoms with Crippen LogP contribution in [0.15, 0.2) is 46.0 Å². The second-order valence-corrected chi connectivity index (χ2v) is 9.89. The van der Waals surface area contributed by atoms with E-state index in [0.29, 0.717) is 19.8 Å². The molecule has 0 atom stereocenters. The highest BCUT2D eigenvalue weighted by atomic mass is 32.2. The molecule has 0 radical (unpaired) electrons. The highest BCUT2D eigenvalue weighted by Crippen LogP contribution is 2.23. The summed E-state index contributed by atoms with van der Waals surface area (Å²) in [5.74, 6) is -0.251. The molecule has 0 spiro atoms. The second kappa shape index (κ2) is 9.04. The molecule has 1 aliphatic heterocycles. The van der Waals surface area contributed by atoms with E-state index in [1.54, 1.807) is 29.5 Å². The molecule has 152 valence electrons. The summed E-state index contributed by atoms with van der Waals surface area (Å²) in [6, 6.07) is 11.2. The summed E-state index contributed by atoms with van der Waals surface area (Å²) >= 11 is 1.14. The van der Waals surface area contributed by atoms with Gasteiger partial charge in [-0.1, -0.05) is 24.3 Å². The van der Waals surface area contributed by atoms with E-state index in [1.807, 2.05) is 24.3 Å². The third-order valence-electron chi connectivity index (χ3n) is 4.69. The van der Waals surface area contributed by atoms with Crippen LogP contribution in [0.5, 0.6) is 0 Å². The molecule has 2 aromatic rings. The molecule has 3 rings (SSSR count). The van der Waals surface area contributed by atoms with Gasteiger partial charge in [0.2, 0.25) is 5.91 Å². The number of nitrogens with zero attached hydrogens (tertiary/aromatic N) is 3. The molecule has 0 bridgehead atoms. The zero-order chi connectivity index (χ0) is 20.1. The zero-order valence-electron chi connectivity index (χ0n) is 16.1. The van der Waals surface area contributed by atoms with Gasteiger partial charge in [-0.15, -0.1) is 11.3 Å². The number of rotatable bonds is 7. The minimum Gasteiger partial charge on any atom is -0.378 e. The number of amides is 1. The fraction of sp³-hybridized carbons (Fsp3) is 0.421. The molecule has 1 fully saturated rings. The van der Waals surface area contributed by atoms with Crippen molar-refractivity contribution in [3.8, 4) is 0 Å². The van der Waals surface area contributed by atoms with Gasteiger partial charge in [-0.05, 0) is 23.1 Å². The Hall–Kier alpha value is -1.94. The molecule has 2 heterocycles. The third-order valence-corrected chi connectivity index (χ3v) is 7.87. The Morgan fingerprint density at radius 2 is 1.86 bits per heavy atom. The van der Waals surface area contributed by atoms with Gasteiger partial charge in [-0.25, -0.2) is 8.42 Å². The van der Waals surface area contributed by atoms with Gasteiger partial charge in [0.1, 0.15) is 4.21 Å². The monoisotopic (exact) mass is 423 g/mol. The van der Waals surface area contributed by atoms with Gasteiger partial charge in [0.05, 0.1) is 19.8 Å². The Labute approximate surface area is 170 Å². The normalized spacial score (nSPS) is 15.0. The van der Waals surface area contributed by atoms with Gasteiger partial charge in [-0.2, -0.15) is 4.31 Å². The first-order valence-electron chi connectivity index (χ1n) is 9.04. The molecule has 1 aromatic carbocycles. The van der Waals surface area contributed by atoms with Crippen LogP contribution in [0.25, 0.3) is 0 Å². The van der Waals surface area contributed by atoms with E-state index in [9.17, 15) is 13.2 Å². The summed E-state index contributed by atoms with van der Waals surface area (Å²) in [5, 5.41) is 1.71. The Balaban J connectivity index is 1.66. The number of carbonyl (C=O) groups excluding carboxylic acids is 1. The van der Waals surface area contributed by atoms with E-state index in [0.717, 1.165) is 40.0 Å². The maximum absolute atomic E-state index is 12.7. The van der Waals surface area contributed by atoms with Gasteiger partial charge in [0.15, 0.2) is 0 Å². The third kappa shape index (κ3) is 4.72. The molecule has 1 aliphatic rings. The van der Waals surface area contributed by atoms with Crippen molar-refractivity contribution >= 4 is 33.0 Å². The molecule has 7 nitrogen and oxygen atoms in total. The SMILES string of the molecule is CN(Cc1ccccc1N1CCOCC1)C(=O)CN(C)S(=O)(=O)c1cccs1. The van der Waals surface area contributed by atoms with Crippen LogP contribution >= 0.6 is 11.3 Å². The van der Waals surface area contributed by atoms with Crippen LogP contribution in [0.1, 0.15) is 5.56 Å². The number of para-hydroxylation sites is 1.